The highest BCUT2D eigenvalue weighted by atomic mass is 16.4. The van der Waals surface area contributed by atoms with Crippen molar-refractivity contribution in [3.63, 3.8) is 0 Å². The number of carbonyl (C=O) groups is 1. The molecule has 0 spiro atoms. The topological polar surface area (TPSA) is 66.6 Å². The zero-order valence-corrected chi connectivity index (χ0v) is 10.4. The van der Waals surface area contributed by atoms with Gasteiger partial charge in [0.05, 0.1) is 6.54 Å². The zero-order valence-electron chi connectivity index (χ0n) is 10.4. The molecule has 0 aliphatic carbocycles. The maximum Gasteiger partial charge on any atom is 0.357 e. The minimum atomic E-state index is -1.06. The van der Waals surface area contributed by atoms with E-state index in [1.807, 2.05) is 12.1 Å². The van der Waals surface area contributed by atoms with E-state index in [-0.39, 0.29) is 5.69 Å². The zero-order chi connectivity index (χ0) is 13.2. The van der Waals surface area contributed by atoms with E-state index in [9.17, 15) is 4.79 Å². The standard InChI is InChI=1S/C14H14N2O3/c17-14(18)11-9-19-13(15-11)8-16-7-3-5-10-4-1-2-6-12(10)16/h1-2,4,6,9H,3,5,7-8H2,(H,17,18). The molecular formula is C14H14N2O3. The molecule has 1 aromatic heterocycles. The summed E-state index contributed by atoms with van der Waals surface area (Å²) in [5.41, 5.74) is 2.46. The van der Waals surface area contributed by atoms with Gasteiger partial charge in [0.15, 0.2) is 5.69 Å². The van der Waals surface area contributed by atoms with Crippen LogP contribution in [0.15, 0.2) is 34.9 Å². The van der Waals surface area contributed by atoms with E-state index in [1.165, 1.54) is 17.5 Å². The van der Waals surface area contributed by atoms with E-state index in [0.29, 0.717) is 12.4 Å². The molecule has 0 fully saturated rings. The summed E-state index contributed by atoms with van der Waals surface area (Å²) in [5, 5.41) is 8.83. The summed E-state index contributed by atoms with van der Waals surface area (Å²) in [6.45, 7) is 1.44. The largest absolute Gasteiger partial charge is 0.476 e. The quantitative estimate of drug-likeness (QED) is 0.915. The molecule has 0 unspecified atom stereocenters. The van der Waals surface area contributed by atoms with Crippen LogP contribution in [0.2, 0.25) is 0 Å². The molecule has 2 heterocycles. The normalized spacial score (nSPS) is 14.2. The number of carboxylic acid groups (broad SMARTS) is 1. The first-order chi connectivity index (χ1) is 9.24. The predicted molar refractivity (Wildman–Crippen MR) is 69.3 cm³/mol. The lowest BCUT2D eigenvalue weighted by atomic mass is 10.0. The molecule has 1 aliphatic heterocycles. The van der Waals surface area contributed by atoms with Crippen LogP contribution in [-0.4, -0.2) is 22.6 Å². The van der Waals surface area contributed by atoms with E-state index in [4.69, 9.17) is 9.52 Å². The van der Waals surface area contributed by atoms with Crippen molar-refractivity contribution in [2.45, 2.75) is 19.4 Å². The van der Waals surface area contributed by atoms with Gasteiger partial charge in [0.1, 0.15) is 6.26 Å². The number of aromatic nitrogens is 1. The van der Waals surface area contributed by atoms with Crippen LogP contribution in [0.1, 0.15) is 28.4 Å². The van der Waals surface area contributed by atoms with Crippen molar-refractivity contribution in [2.75, 3.05) is 11.4 Å². The number of anilines is 1. The van der Waals surface area contributed by atoms with Gasteiger partial charge in [-0.2, -0.15) is 0 Å². The molecule has 0 atom stereocenters. The molecule has 0 bridgehead atoms. The Balaban J connectivity index is 1.82. The first kappa shape index (κ1) is 11.8. The van der Waals surface area contributed by atoms with Crippen LogP contribution in [0.25, 0.3) is 0 Å². The van der Waals surface area contributed by atoms with Gasteiger partial charge in [-0.3, -0.25) is 0 Å². The van der Waals surface area contributed by atoms with E-state index in [2.05, 4.69) is 22.0 Å². The first-order valence-corrected chi connectivity index (χ1v) is 6.24. The molecule has 1 aromatic carbocycles. The second-order valence-electron chi connectivity index (χ2n) is 4.59. The summed E-state index contributed by atoms with van der Waals surface area (Å²) in [7, 11) is 0. The van der Waals surface area contributed by atoms with E-state index < -0.39 is 5.97 Å². The Labute approximate surface area is 110 Å². The van der Waals surface area contributed by atoms with Gasteiger partial charge in [-0.05, 0) is 24.5 Å². The molecule has 1 aliphatic rings. The van der Waals surface area contributed by atoms with Gasteiger partial charge in [-0.1, -0.05) is 18.2 Å². The Kier molecular flexibility index (Phi) is 2.95. The molecule has 5 nitrogen and oxygen atoms in total. The predicted octanol–water partition coefficient (Wildman–Crippen LogP) is 2.33. The number of para-hydroxylation sites is 1. The van der Waals surface area contributed by atoms with Gasteiger partial charge in [0.25, 0.3) is 0 Å². The number of aromatic carboxylic acids is 1. The molecule has 0 saturated heterocycles. The van der Waals surface area contributed by atoms with Gasteiger partial charge in [-0.25, -0.2) is 9.78 Å². The van der Waals surface area contributed by atoms with Gasteiger partial charge < -0.3 is 14.4 Å². The molecule has 0 radical (unpaired) electrons. The second-order valence-corrected chi connectivity index (χ2v) is 4.59. The van der Waals surface area contributed by atoms with Crippen molar-refractivity contribution < 1.29 is 14.3 Å². The van der Waals surface area contributed by atoms with Crippen LogP contribution >= 0.6 is 0 Å². The van der Waals surface area contributed by atoms with Crippen molar-refractivity contribution in [1.82, 2.24) is 4.98 Å². The van der Waals surface area contributed by atoms with Gasteiger partial charge in [0, 0.05) is 12.2 Å². The lowest BCUT2D eigenvalue weighted by molar-refractivity contribution is 0.0690. The maximum absolute atomic E-state index is 10.8. The average Bonchev–Trinajstić information content (AvgIpc) is 2.88. The Hall–Kier alpha value is -2.30. The molecule has 98 valence electrons. The van der Waals surface area contributed by atoms with Gasteiger partial charge in [0.2, 0.25) is 5.89 Å². The monoisotopic (exact) mass is 258 g/mol. The molecule has 0 saturated carbocycles. The highest BCUT2D eigenvalue weighted by Crippen LogP contribution is 2.27. The molecule has 2 aromatic rings. The Morgan fingerprint density at radius 1 is 1.42 bits per heavy atom. The maximum atomic E-state index is 10.8. The fourth-order valence-corrected chi connectivity index (χ4v) is 2.42. The minimum absolute atomic E-state index is 0.0414. The minimum Gasteiger partial charge on any atom is -0.476 e. The highest BCUT2D eigenvalue weighted by molar-refractivity contribution is 5.84. The first-order valence-electron chi connectivity index (χ1n) is 6.24. The summed E-state index contributed by atoms with van der Waals surface area (Å²) in [5.74, 6) is -0.622. The molecule has 0 amide bonds. The molecule has 19 heavy (non-hydrogen) atoms. The van der Waals surface area contributed by atoms with Crippen molar-refractivity contribution in [3.05, 3.63) is 47.7 Å². The Morgan fingerprint density at radius 2 is 2.26 bits per heavy atom. The number of benzene rings is 1. The number of fused-ring (bicyclic) bond motifs is 1. The number of hydrogen-bond donors (Lipinski definition) is 1. The van der Waals surface area contributed by atoms with Crippen molar-refractivity contribution in [1.29, 1.82) is 0 Å². The third-order valence-corrected chi connectivity index (χ3v) is 3.30. The van der Waals surface area contributed by atoms with Gasteiger partial charge in [-0.15, -0.1) is 0 Å². The van der Waals surface area contributed by atoms with Crippen LogP contribution in [0.4, 0.5) is 5.69 Å². The fraction of sp³-hybridized carbons (Fsp3) is 0.286. The van der Waals surface area contributed by atoms with E-state index in [0.717, 1.165) is 19.4 Å². The number of aryl methyl sites for hydroxylation is 1. The summed E-state index contributed by atoms with van der Waals surface area (Å²) in [4.78, 5) is 16.9. The van der Waals surface area contributed by atoms with Crippen LogP contribution < -0.4 is 4.90 Å². The lowest BCUT2D eigenvalue weighted by Crippen LogP contribution is -2.28. The number of hydrogen-bond acceptors (Lipinski definition) is 4. The number of oxazole rings is 1. The van der Waals surface area contributed by atoms with Crippen molar-refractivity contribution in [2.24, 2.45) is 0 Å². The number of carboxylic acids is 1. The molecule has 5 heteroatoms. The van der Waals surface area contributed by atoms with Crippen LogP contribution in [0.3, 0.4) is 0 Å². The summed E-state index contributed by atoms with van der Waals surface area (Å²) in [6.07, 6.45) is 3.36. The molecule has 3 rings (SSSR count). The third kappa shape index (κ3) is 2.31. The Bertz CT molecular complexity index is 606. The van der Waals surface area contributed by atoms with Crippen molar-refractivity contribution >= 4 is 11.7 Å². The van der Waals surface area contributed by atoms with E-state index in [1.54, 1.807) is 0 Å². The Morgan fingerprint density at radius 3 is 3.05 bits per heavy atom. The van der Waals surface area contributed by atoms with Crippen LogP contribution in [0, 0.1) is 0 Å². The molecular weight excluding hydrogens is 244 g/mol. The van der Waals surface area contributed by atoms with Crippen molar-refractivity contribution in [3.8, 4) is 0 Å². The highest BCUT2D eigenvalue weighted by Gasteiger charge is 2.19. The second kappa shape index (κ2) is 4.76. The third-order valence-electron chi connectivity index (χ3n) is 3.30. The summed E-state index contributed by atoms with van der Waals surface area (Å²) >= 11 is 0. The van der Waals surface area contributed by atoms with Crippen LogP contribution in [0.5, 0.6) is 0 Å². The van der Waals surface area contributed by atoms with E-state index >= 15 is 0 Å². The summed E-state index contributed by atoms with van der Waals surface area (Å²) in [6, 6.07) is 8.25. The molecule has 1 N–H and O–H groups in total. The smallest absolute Gasteiger partial charge is 0.357 e. The number of nitrogens with zero attached hydrogens (tertiary/aromatic N) is 2. The van der Waals surface area contributed by atoms with Crippen LogP contribution in [-0.2, 0) is 13.0 Å². The fourth-order valence-electron chi connectivity index (χ4n) is 2.42. The number of rotatable bonds is 3. The summed E-state index contributed by atoms with van der Waals surface area (Å²) < 4.78 is 5.21. The SMILES string of the molecule is O=C(O)c1coc(CN2CCCc3ccccc32)n1. The average molecular weight is 258 g/mol. The lowest BCUT2D eigenvalue weighted by Gasteiger charge is -2.30. The van der Waals surface area contributed by atoms with Gasteiger partial charge >= 0.3 is 5.97 Å².